The molecule has 0 bridgehead atoms. The van der Waals surface area contributed by atoms with Gasteiger partial charge in [-0.05, 0) is 70.4 Å². The molecule has 25 heavy (non-hydrogen) atoms. The maximum atomic E-state index is 12.6. The molecule has 1 aromatic heterocycles. The van der Waals surface area contributed by atoms with Crippen LogP contribution in [-0.2, 0) is 6.42 Å². The number of aromatic nitrogens is 2. The zero-order chi connectivity index (χ0) is 17.6. The zero-order valence-electron chi connectivity index (χ0n) is 13.4. The molecule has 4 rings (SSSR count). The van der Waals surface area contributed by atoms with Gasteiger partial charge in [-0.15, -0.1) is 0 Å². The van der Waals surface area contributed by atoms with Gasteiger partial charge in [-0.25, -0.2) is 0 Å². The fourth-order valence-corrected chi connectivity index (χ4v) is 3.81. The zero-order valence-corrected chi connectivity index (χ0v) is 15.8. The SMILES string of the molecule is Cc1cc(Br)c2c(c1)-c1nn(-c3ccc(Cl)cc3)c(=O)cc1CCO2. The first kappa shape index (κ1) is 16.4. The number of fused-ring (bicyclic) bond motifs is 3. The van der Waals surface area contributed by atoms with Crippen LogP contribution in [0.3, 0.4) is 0 Å². The Morgan fingerprint density at radius 3 is 2.72 bits per heavy atom. The second-order valence-electron chi connectivity index (χ2n) is 5.97. The third kappa shape index (κ3) is 2.98. The van der Waals surface area contributed by atoms with Crippen LogP contribution in [0.1, 0.15) is 11.1 Å². The number of halogens is 2. The van der Waals surface area contributed by atoms with Gasteiger partial charge < -0.3 is 4.74 Å². The first-order valence-electron chi connectivity index (χ1n) is 7.85. The van der Waals surface area contributed by atoms with Crippen LogP contribution in [0.4, 0.5) is 0 Å². The Hall–Kier alpha value is -2.11. The van der Waals surface area contributed by atoms with Gasteiger partial charge in [0.15, 0.2) is 0 Å². The van der Waals surface area contributed by atoms with E-state index in [1.807, 2.05) is 19.1 Å². The summed E-state index contributed by atoms with van der Waals surface area (Å²) in [6.07, 6.45) is 0.638. The van der Waals surface area contributed by atoms with Crippen LogP contribution in [0.15, 0.2) is 51.7 Å². The van der Waals surface area contributed by atoms with Crippen molar-refractivity contribution in [2.24, 2.45) is 0 Å². The highest BCUT2D eigenvalue weighted by Crippen LogP contribution is 2.39. The minimum absolute atomic E-state index is 0.170. The fraction of sp³-hybridized carbons (Fsp3) is 0.158. The number of hydrogen-bond donors (Lipinski definition) is 0. The van der Waals surface area contributed by atoms with Crippen LogP contribution in [0.25, 0.3) is 16.9 Å². The lowest BCUT2D eigenvalue weighted by molar-refractivity contribution is 0.324. The monoisotopic (exact) mass is 416 g/mol. The smallest absolute Gasteiger partial charge is 0.271 e. The van der Waals surface area contributed by atoms with Crippen LogP contribution in [-0.4, -0.2) is 16.4 Å². The summed E-state index contributed by atoms with van der Waals surface area (Å²) in [4.78, 5) is 12.6. The first-order chi connectivity index (χ1) is 12.0. The van der Waals surface area contributed by atoms with E-state index in [0.717, 1.165) is 32.6 Å². The van der Waals surface area contributed by atoms with Crippen LogP contribution in [0.5, 0.6) is 5.75 Å². The van der Waals surface area contributed by atoms with E-state index in [0.29, 0.717) is 23.7 Å². The standard InChI is InChI=1S/C19H14BrClN2O2/c1-11-8-15-18-12(6-7-25-19(15)16(20)9-11)10-17(24)23(22-18)14-4-2-13(21)3-5-14/h2-5,8-10H,6-7H2,1H3. The second-order valence-corrected chi connectivity index (χ2v) is 7.26. The number of nitrogens with zero attached hydrogens (tertiary/aromatic N) is 2. The second kappa shape index (κ2) is 6.32. The summed E-state index contributed by atoms with van der Waals surface area (Å²) in [5.74, 6) is 0.762. The molecular weight excluding hydrogens is 404 g/mol. The molecule has 3 aromatic rings. The average molecular weight is 418 g/mol. The molecule has 2 aromatic carbocycles. The largest absolute Gasteiger partial charge is 0.491 e. The molecule has 6 heteroatoms. The molecule has 1 aliphatic rings. The van der Waals surface area contributed by atoms with E-state index in [-0.39, 0.29) is 5.56 Å². The fourth-order valence-electron chi connectivity index (χ4n) is 2.99. The molecule has 126 valence electrons. The lowest BCUT2D eigenvalue weighted by Gasteiger charge is -2.13. The van der Waals surface area contributed by atoms with Crippen molar-refractivity contribution in [2.75, 3.05) is 6.61 Å². The normalized spacial score (nSPS) is 12.8. The summed E-state index contributed by atoms with van der Waals surface area (Å²) in [5.41, 5.74) is 4.15. The van der Waals surface area contributed by atoms with E-state index in [4.69, 9.17) is 16.3 Å². The topological polar surface area (TPSA) is 44.1 Å². The highest BCUT2D eigenvalue weighted by Gasteiger charge is 2.21. The summed E-state index contributed by atoms with van der Waals surface area (Å²) in [6, 6.07) is 12.7. The van der Waals surface area contributed by atoms with Crippen LogP contribution >= 0.6 is 27.5 Å². The van der Waals surface area contributed by atoms with E-state index in [9.17, 15) is 4.79 Å². The molecule has 0 spiro atoms. The molecule has 2 heterocycles. The van der Waals surface area contributed by atoms with E-state index in [2.05, 4.69) is 21.0 Å². The maximum Gasteiger partial charge on any atom is 0.271 e. The minimum atomic E-state index is -0.170. The number of ether oxygens (including phenoxy) is 1. The van der Waals surface area contributed by atoms with Crippen molar-refractivity contribution >= 4 is 27.5 Å². The molecule has 0 amide bonds. The Bertz CT molecular complexity index is 1030. The molecule has 0 fully saturated rings. The number of rotatable bonds is 1. The third-order valence-corrected chi connectivity index (χ3v) is 4.98. The molecular formula is C19H14BrClN2O2. The lowest BCUT2D eigenvalue weighted by Crippen LogP contribution is -2.22. The molecule has 0 saturated heterocycles. The average Bonchev–Trinajstić information content (AvgIpc) is 2.74. The summed E-state index contributed by atoms with van der Waals surface area (Å²) in [7, 11) is 0. The predicted octanol–water partition coefficient (Wildman–Crippen LogP) is 4.56. The van der Waals surface area contributed by atoms with Gasteiger partial charge in [-0.3, -0.25) is 4.79 Å². The maximum absolute atomic E-state index is 12.6. The highest BCUT2D eigenvalue weighted by molar-refractivity contribution is 9.10. The number of hydrogen-bond acceptors (Lipinski definition) is 3. The highest BCUT2D eigenvalue weighted by atomic mass is 79.9. The van der Waals surface area contributed by atoms with Crippen LogP contribution < -0.4 is 10.3 Å². The van der Waals surface area contributed by atoms with E-state index < -0.39 is 0 Å². The summed E-state index contributed by atoms with van der Waals surface area (Å²) >= 11 is 9.52. The molecule has 1 aliphatic heterocycles. The van der Waals surface area contributed by atoms with Crippen molar-refractivity contribution < 1.29 is 4.74 Å². The van der Waals surface area contributed by atoms with Crippen LogP contribution in [0, 0.1) is 6.92 Å². The van der Waals surface area contributed by atoms with Crippen molar-refractivity contribution in [3.63, 3.8) is 0 Å². The predicted molar refractivity (Wildman–Crippen MR) is 102 cm³/mol. The Labute approximate surface area is 158 Å². The van der Waals surface area contributed by atoms with Gasteiger partial charge in [-0.2, -0.15) is 9.78 Å². The third-order valence-electron chi connectivity index (χ3n) is 4.14. The summed E-state index contributed by atoms with van der Waals surface area (Å²) < 4.78 is 8.20. The minimum Gasteiger partial charge on any atom is -0.491 e. The Morgan fingerprint density at radius 1 is 1.20 bits per heavy atom. The van der Waals surface area contributed by atoms with Gasteiger partial charge in [0.2, 0.25) is 0 Å². The molecule has 0 unspecified atom stereocenters. The molecule has 0 radical (unpaired) electrons. The van der Waals surface area contributed by atoms with Crippen molar-refractivity contribution in [2.45, 2.75) is 13.3 Å². The summed E-state index contributed by atoms with van der Waals surface area (Å²) in [6.45, 7) is 2.53. The Morgan fingerprint density at radius 2 is 1.96 bits per heavy atom. The van der Waals surface area contributed by atoms with E-state index in [1.54, 1.807) is 30.3 Å². The van der Waals surface area contributed by atoms with Gasteiger partial charge in [0.1, 0.15) is 5.75 Å². The Kier molecular flexibility index (Phi) is 4.13. The first-order valence-corrected chi connectivity index (χ1v) is 9.02. The van der Waals surface area contributed by atoms with Crippen LogP contribution in [0.2, 0.25) is 5.02 Å². The molecule has 0 atom stereocenters. The molecule has 4 nitrogen and oxygen atoms in total. The van der Waals surface area contributed by atoms with E-state index >= 15 is 0 Å². The number of aryl methyl sites for hydroxylation is 1. The molecule has 0 aliphatic carbocycles. The Balaban J connectivity index is 1.98. The quantitative estimate of drug-likeness (QED) is 0.583. The van der Waals surface area contributed by atoms with Crippen molar-refractivity contribution in [1.82, 2.24) is 9.78 Å². The van der Waals surface area contributed by atoms with Gasteiger partial charge in [0.05, 0.1) is 22.5 Å². The number of benzene rings is 2. The van der Waals surface area contributed by atoms with E-state index in [1.165, 1.54) is 4.68 Å². The van der Waals surface area contributed by atoms with Crippen molar-refractivity contribution in [1.29, 1.82) is 0 Å². The molecule has 0 N–H and O–H groups in total. The summed E-state index contributed by atoms with van der Waals surface area (Å²) in [5, 5.41) is 5.27. The van der Waals surface area contributed by atoms with Crippen molar-refractivity contribution in [3.05, 3.63) is 73.4 Å². The van der Waals surface area contributed by atoms with Gasteiger partial charge in [0, 0.05) is 23.1 Å². The molecule has 0 saturated carbocycles. The van der Waals surface area contributed by atoms with Gasteiger partial charge >= 0.3 is 0 Å². The van der Waals surface area contributed by atoms with Gasteiger partial charge in [0.25, 0.3) is 5.56 Å². The van der Waals surface area contributed by atoms with Crippen molar-refractivity contribution in [3.8, 4) is 22.7 Å². The van der Waals surface area contributed by atoms with Gasteiger partial charge in [-0.1, -0.05) is 11.6 Å². The lowest BCUT2D eigenvalue weighted by atomic mass is 10.0.